The second-order valence-electron chi connectivity index (χ2n) is 3.70. The van der Waals surface area contributed by atoms with Crippen molar-refractivity contribution in [2.45, 2.75) is 0 Å². The van der Waals surface area contributed by atoms with E-state index in [2.05, 4.69) is 32.6 Å². The first-order chi connectivity index (χ1) is 8.68. The van der Waals surface area contributed by atoms with Crippen LogP contribution in [0.4, 0.5) is 5.82 Å². The molecule has 5 nitrogen and oxygen atoms in total. The Hall–Kier alpha value is -1.83. The summed E-state index contributed by atoms with van der Waals surface area (Å²) in [7, 11) is 0. The van der Waals surface area contributed by atoms with Gasteiger partial charge in [-0.15, -0.1) is 0 Å². The maximum Gasteiger partial charge on any atom is 0.268 e. The molecule has 2 aromatic heterocycles. The van der Waals surface area contributed by atoms with Gasteiger partial charge in [-0.2, -0.15) is 0 Å². The topological polar surface area (TPSA) is 63.2 Å². The molecule has 0 saturated carbocycles. The van der Waals surface area contributed by atoms with Gasteiger partial charge in [-0.3, -0.25) is 14.6 Å². The summed E-state index contributed by atoms with van der Waals surface area (Å²) in [6.07, 6.45) is 4.51. The molecule has 88 valence electrons. The molecule has 18 heavy (non-hydrogen) atoms. The number of hydrogen-bond acceptors (Lipinski definition) is 4. The maximum atomic E-state index is 12.1. The van der Waals surface area contributed by atoms with Crippen LogP contribution < -0.4 is 4.90 Å². The van der Waals surface area contributed by atoms with Gasteiger partial charge in [0.25, 0.3) is 11.8 Å². The van der Waals surface area contributed by atoms with Crippen molar-refractivity contribution in [3.63, 3.8) is 0 Å². The van der Waals surface area contributed by atoms with Gasteiger partial charge in [-0.05, 0) is 40.8 Å². The fourth-order valence-corrected chi connectivity index (χ4v) is 2.11. The molecule has 0 atom stereocenters. The van der Waals surface area contributed by atoms with Gasteiger partial charge in [0.15, 0.2) is 0 Å². The van der Waals surface area contributed by atoms with Crippen molar-refractivity contribution in [3.05, 3.63) is 51.5 Å². The summed E-state index contributed by atoms with van der Waals surface area (Å²) in [5, 5.41) is 0. The van der Waals surface area contributed by atoms with E-state index in [1.54, 1.807) is 24.4 Å². The number of rotatable bonds is 1. The number of pyridine rings is 2. The van der Waals surface area contributed by atoms with Crippen LogP contribution in [0.3, 0.4) is 0 Å². The molecule has 0 aromatic carbocycles. The Labute approximate surface area is 116 Å². The first kappa shape index (κ1) is 11.3. The van der Waals surface area contributed by atoms with Gasteiger partial charge in [0.05, 0.1) is 11.1 Å². The fraction of sp³-hybridized carbons (Fsp3) is 0. The smallest absolute Gasteiger partial charge is 0.268 e. The zero-order valence-electron chi connectivity index (χ0n) is 9.00. The van der Waals surface area contributed by atoms with Crippen molar-refractivity contribution in [1.29, 1.82) is 0 Å². The summed E-state index contributed by atoms with van der Waals surface area (Å²) in [5.74, 6) is -0.399. The van der Waals surface area contributed by atoms with E-state index in [-0.39, 0.29) is 11.8 Å². The minimum Gasteiger partial charge on any atom is -0.268 e. The first-order valence-electron chi connectivity index (χ1n) is 5.13. The Morgan fingerprint density at radius 2 is 1.78 bits per heavy atom. The molecule has 3 rings (SSSR count). The van der Waals surface area contributed by atoms with Gasteiger partial charge < -0.3 is 0 Å². The number of carbonyl (C=O) groups is 2. The zero-order valence-corrected chi connectivity index (χ0v) is 11.2. The summed E-state index contributed by atoms with van der Waals surface area (Å²) < 4.78 is 0.939. The zero-order chi connectivity index (χ0) is 12.7. The number of fused-ring (bicyclic) bond motifs is 1. The Morgan fingerprint density at radius 3 is 2.44 bits per heavy atom. The molecule has 0 bridgehead atoms. The minimum absolute atomic E-state index is 0.322. The average molecular weight is 351 g/mol. The van der Waals surface area contributed by atoms with Crippen molar-refractivity contribution in [2.75, 3.05) is 4.90 Å². The van der Waals surface area contributed by atoms with Crippen LogP contribution in [0.5, 0.6) is 0 Å². The molecule has 0 fully saturated rings. The number of aromatic nitrogens is 2. The van der Waals surface area contributed by atoms with Crippen LogP contribution in [-0.2, 0) is 0 Å². The van der Waals surface area contributed by atoms with Crippen molar-refractivity contribution in [2.24, 2.45) is 0 Å². The fourth-order valence-electron chi connectivity index (χ4n) is 1.79. The molecule has 1 aliphatic heterocycles. The van der Waals surface area contributed by atoms with Crippen molar-refractivity contribution in [1.82, 2.24) is 9.97 Å². The molecule has 0 N–H and O–H groups in total. The number of amides is 2. The van der Waals surface area contributed by atoms with E-state index in [1.165, 1.54) is 12.4 Å². The number of imide groups is 1. The van der Waals surface area contributed by atoms with E-state index >= 15 is 0 Å². The number of hydrogen-bond donors (Lipinski definition) is 0. The van der Waals surface area contributed by atoms with Crippen LogP contribution in [-0.4, -0.2) is 21.8 Å². The number of halogens is 1. The minimum atomic E-state index is -0.378. The predicted molar refractivity (Wildman–Crippen MR) is 72.3 cm³/mol. The molecule has 2 amide bonds. The van der Waals surface area contributed by atoms with Crippen LogP contribution in [0.15, 0.2) is 36.8 Å². The van der Waals surface area contributed by atoms with Crippen molar-refractivity contribution >= 4 is 40.2 Å². The SMILES string of the molecule is O=C1c2ccncc2C(=O)N1c1ccc(I)cn1. The third-order valence-electron chi connectivity index (χ3n) is 2.63. The third kappa shape index (κ3) is 1.60. The molecular weight excluding hydrogens is 345 g/mol. The van der Waals surface area contributed by atoms with E-state index in [4.69, 9.17) is 0 Å². The van der Waals surface area contributed by atoms with Gasteiger partial charge in [0, 0.05) is 22.2 Å². The molecule has 0 saturated heterocycles. The first-order valence-corrected chi connectivity index (χ1v) is 6.21. The lowest BCUT2D eigenvalue weighted by Crippen LogP contribution is -2.30. The lowest BCUT2D eigenvalue weighted by atomic mass is 10.2. The molecule has 3 heterocycles. The van der Waals surface area contributed by atoms with E-state index in [0.717, 1.165) is 8.47 Å². The van der Waals surface area contributed by atoms with Gasteiger partial charge in [-0.1, -0.05) is 0 Å². The lowest BCUT2D eigenvalue weighted by molar-refractivity contribution is 0.0925. The average Bonchev–Trinajstić information content (AvgIpc) is 2.64. The summed E-state index contributed by atoms with van der Waals surface area (Å²) in [6, 6.07) is 4.99. The maximum absolute atomic E-state index is 12.1. The highest BCUT2D eigenvalue weighted by atomic mass is 127. The van der Waals surface area contributed by atoms with Crippen LogP contribution in [0.1, 0.15) is 20.7 Å². The van der Waals surface area contributed by atoms with Gasteiger partial charge in [0.1, 0.15) is 5.82 Å². The quantitative estimate of drug-likeness (QED) is 0.582. The number of carbonyl (C=O) groups excluding carboxylic acids is 2. The predicted octanol–water partition coefficient (Wildman–Crippen LogP) is 1.88. The van der Waals surface area contributed by atoms with Crippen LogP contribution >= 0.6 is 22.6 Å². The van der Waals surface area contributed by atoms with Gasteiger partial charge in [0.2, 0.25) is 0 Å². The highest BCUT2D eigenvalue weighted by Gasteiger charge is 2.37. The van der Waals surface area contributed by atoms with E-state index in [0.29, 0.717) is 16.9 Å². The molecule has 0 unspecified atom stereocenters. The van der Waals surface area contributed by atoms with Crippen LogP contribution in [0.2, 0.25) is 0 Å². The molecule has 2 aromatic rings. The van der Waals surface area contributed by atoms with Crippen molar-refractivity contribution < 1.29 is 9.59 Å². The molecule has 0 aliphatic carbocycles. The summed E-state index contributed by atoms with van der Waals surface area (Å²) >= 11 is 2.11. The number of anilines is 1. The summed E-state index contributed by atoms with van der Waals surface area (Å²) in [4.78, 5) is 33.3. The Kier molecular flexibility index (Phi) is 2.58. The third-order valence-corrected chi connectivity index (χ3v) is 3.27. The Balaban J connectivity index is 2.09. The Morgan fingerprint density at radius 1 is 1.00 bits per heavy atom. The molecule has 6 heteroatoms. The largest absolute Gasteiger partial charge is 0.268 e. The lowest BCUT2D eigenvalue weighted by Gasteiger charge is -2.11. The second-order valence-corrected chi connectivity index (χ2v) is 4.95. The normalized spacial score (nSPS) is 13.9. The monoisotopic (exact) mass is 351 g/mol. The molecule has 0 radical (unpaired) electrons. The molecule has 1 aliphatic rings. The summed E-state index contributed by atoms with van der Waals surface area (Å²) in [6.45, 7) is 0. The highest BCUT2D eigenvalue weighted by Crippen LogP contribution is 2.26. The van der Waals surface area contributed by atoms with E-state index in [1.807, 2.05) is 0 Å². The van der Waals surface area contributed by atoms with Crippen LogP contribution in [0.25, 0.3) is 0 Å². The molecular formula is C12H6IN3O2. The van der Waals surface area contributed by atoms with Crippen molar-refractivity contribution in [3.8, 4) is 0 Å². The van der Waals surface area contributed by atoms with Crippen LogP contribution in [0, 0.1) is 3.57 Å². The standard InChI is InChI=1S/C12H6IN3O2/c13-7-1-2-10(15-5-7)16-11(17)8-3-4-14-6-9(8)12(16)18/h1-6H. The Bertz CT molecular complexity index is 620. The van der Waals surface area contributed by atoms with Gasteiger partial charge >= 0.3 is 0 Å². The number of nitrogens with zero attached hydrogens (tertiary/aromatic N) is 3. The molecule has 0 spiro atoms. The summed E-state index contributed by atoms with van der Waals surface area (Å²) in [5.41, 5.74) is 0.693. The van der Waals surface area contributed by atoms with E-state index < -0.39 is 0 Å². The van der Waals surface area contributed by atoms with Gasteiger partial charge in [-0.25, -0.2) is 9.88 Å². The highest BCUT2D eigenvalue weighted by molar-refractivity contribution is 14.1. The van der Waals surface area contributed by atoms with E-state index in [9.17, 15) is 9.59 Å². The second kappa shape index (κ2) is 4.13.